The summed E-state index contributed by atoms with van der Waals surface area (Å²) in [5, 5.41) is 9.15. The highest BCUT2D eigenvalue weighted by Crippen LogP contribution is 2.15. The van der Waals surface area contributed by atoms with Crippen molar-refractivity contribution >= 4 is 5.97 Å². The summed E-state index contributed by atoms with van der Waals surface area (Å²) >= 11 is 0. The summed E-state index contributed by atoms with van der Waals surface area (Å²) in [6.45, 7) is 4.08. The normalized spacial score (nSPS) is 10.8. The Morgan fingerprint density at radius 2 is 1.81 bits per heavy atom. The molecular formula is C22H30N2O2. The van der Waals surface area contributed by atoms with E-state index in [-0.39, 0.29) is 0 Å². The van der Waals surface area contributed by atoms with Crippen molar-refractivity contribution in [2.45, 2.75) is 71.6 Å². The molecule has 0 aliphatic heterocycles. The van der Waals surface area contributed by atoms with Gasteiger partial charge in [-0.25, -0.2) is 4.79 Å². The maximum Gasteiger partial charge on any atom is 0.335 e. The van der Waals surface area contributed by atoms with Crippen molar-refractivity contribution in [3.05, 3.63) is 58.7 Å². The second-order valence-electron chi connectivity index (χ2n) is 6.92. The van der Waals surface area contributed by atoms with E-state index in [0.29, 0.717) is 5.56 Å². The van der Waals surface area contributed by atoms with Gasteiger partial charge in [0.2, 0.25) is 0 Å². The molecule has 4 heteroatoms. The fourth-order valence-corrected chi connectivity index (χ4v) is 3.25. The first-order valence-corrected chi connectivity index (χ1v) is 9.73. The zero-order valence-electron chi connectivity index (χ0n) is 16.0. The van der Waals surface area contributed by atoms with E-state index in [1.807, 2.05) is 19.2 Å². The molecule has 0 saturated heterocycles. The Morgan fingerprint density at radius 3 is 2.58 bits per heavy atom. The number of aromatic carboxylic acids is 1. The van der Waals surface area contributed by atoms with Crippen LogP contribution in [0.15, 0.2) is 30.5 Å². The van der Waals surface area contributed by atoms with E-state index in [2.05, 4.69) is 23.0 Å². The van der Waals surface area contributed by atoms with Gasteiger partial charge in [0.15, 0.2) is 0 Å². The average molecular weight is 354 g/mol. The largest absolute Gasteiger partial charge is 0.478 e. The second-order valence-corrected chi connectivity index (χ2v) is 6.92. The first kappa shape index (κ1) is 20.1. The SMILES string of the molecule is CCCCCCc1cccnc1CCCCc1cc(C(=O)O)cc(C)n1. The van der Waals surface area contributed by atoms with Crippen molar-refractivity contribution in [3.8, 4) is 0 Å². The van der Waals surface area contributed by atoms with Crippen LogP contribution in [0.25, 0.3) is 0 Å². The predicted molar refractivity (Wildman–Crippen MR) is 105 cm³/mol. The number of hydrogen-bond donors (Lipinski definition) is 1. The molecule has 2 aromatic heterocycles. The van der Waals surface area contributed by atoms with Crippen LogP contribution in [0.2, 0.25) is 0 Å². The fraction of sp³-hybridized carbons (Fsp3) is 0.500. The summed E-state index contributed by atoms with van der Waals surface area (Å²) in [6.07, 6.45) is 11.9. The lowest BCUT2D eigenvalue weighted by Gasteiger charge is -2.09. The molecule has 2 rings (SSSR count). The Hall–Kier alpha value is -2.23. The quantitative estimate of drug-likeness (QED) is 0.565. The van der Waals surface area contributed by atoms with Crippen molar-refractivity contribution < 1.29 is 9.90 Å². The third-order valence-corrected chi connectivity index (χ3v) is 4.63. The van der Waals surface area contributed by atoms with Crippen LogP contribution >= 0.6 is 0 Å². The monoisotopic (exact) mass is 354 g/mol. The summed E-state index contributed by atoms with van der Waals surface area (Å²) in [5.41, 5.74) is 4.55. The molecule has 0 amide bonds. The highest BCUT2D eigenvalue weighted by Gasteiger charge is 2.07. The lowest BCUT2D eigenvalue weighted by atomic mass is 10.0. The zero-order valence-corrected chi connectivity index (χ0v) is 16.0. The van der Waals surface area contributed by atoms with Gasteiger partial charge in [-0.15, -0.1) is 0 Å². The highest BCUT2D eigenvalue weighted by atomic mass is 16.4. The van der Waals surface area contributed by atoms with Gasteiger partial charge in [-0.2, -0.15) is 0 Å². The van der Waals surface area contributed by atoms with Gasteiger partial charge in [0.05, 0.1) is 5.56 Å². The molecule has 2 heterocycles. The van der Waals surface area contributed by atoms with Gasteiger partial charge in [-0.1, -0.05) is 32.3 Å². The minimum atomic E-state index is -0.891. The Morgan fingerprint density at radius 1 is 1.04 bits per heavy atom. The van der Waals surface area contributed by atoms with E-state index in [0.717, 1.165) is 43.5 Å². The topological polar surface area (TPSA) is 63.1 Å². The molecule has 1 N–H and O–H groups in total. The number of carbonyl (C=O) groups is 1. The summed E-state index contributed by atoms with van der Waals surface area (Å²) in [5.74, 6) is -0.891. The van der Waals surface area contributed by atoms with Gasteiger partial charge in [0, 0.05) is 23.3 Å². The number of aryl methyl sites for hydroxylation is 4. The molecule has 0 saturated carbocycles. The molecule has 0 radical (unpaired) electrons. The van der Waals surface area contributed by atoms with Gasteiger partial charge in [0.1, 0.15) is 0 Å². The van der Waals surface area contributed by atoms with Crippen molar-refractivity contribution in [3.63, 3.8) is 0 Å². The predicted octanol–water partition coefficient (Wildman–Crippen LogP) is 5.17. The smallest absolute Gasteiger partial charge is 0.335 e. The third kappa shape index (κ3) is 6.58. The molecule has 0 aromatic carbocycles. The van der Waals surface area contributed by atoms with Crippen molar-refractivity contribution in [2.75, 3.05) is 0 Å². The summed E-state index contributed by atoms with van der Waals surface area (Å²) in [6, 6.07) is 7.54. The van der Waals surface area contributed by atoms with Crippen LogP contribution in [0, 0.1) is 6.92 Å². The number of pyridine rings is 2. The van der Waals surface area contributed by atoms with Crippen molar-refractivity contribution in [1.82, 2.24) is 9.97 Å². The number of hydrogen-bond acceptors (Lipinski definition) is 3. The first-order chi connectivity index (χ1) is 12.6. The van der Waals surface area contributed by atoms with E-state index in [1.165, 1.54) is 36.9 Å². The Bertz CT molecular complexity index is 713. The summed E-state index contributed by atoms with van der Waals surface area (Å²) in [7, 11) is 0. The van der Waals surface area contributed by atoms with E-state index >= 15 is 0 Å². The lowest BCUT2D eigenvalue weighted by Crippen LogP contribution is -2.02. The molecule has 4 nitrogen and oxygen atoms in total. The van der Waals surface area contributed by atoms with Crippen LogP contribution in [0.3, 0.4) is 0 Å². The fourth-order valence-electron chi connectivity index (χ4n) is 3.25. The van der Waals surface area contributed by atoms with Gasteiger partial charge >= 0.3 is 5.97 Å². The minimum absolute atomic E-state index is 0.326. The Kier molecular flexibility index (Phi) is 8.26. The molecule has 2 aromatic rings. The number of unbranched alkanes of at least 4 members (excludes halogenated alkanes) is 4. The van der Waals surface area contributed by atoms with Crippen LogP contribution in [0.1, 0.15) is 78.5 Å². The summed E-state index contributed by atoms with van der Waals surface area (Å²) < 4.78 is 0. The van der Waals surface area contributed by atoms with E-state index in [4.69, 9.17) is 5.11 Å². The molecule has 0 unspecified atom stereocenters. The second kappa shape index (κ2) is 10.7. The van der Waals surface area contributed by atoms with Gasteiger partial charge < -0.3 is 5.11 Å². The molecule has 0 aliphatic carbocycles. The van der Waals surface area contributed by atoms with Gasteiger partial charge in [0.25, 0.3) is 0 Å². The number of carboxylic acids is 1. The van der Waals surface area contributed by atoms with Crippen molar-refractivity contribution in [2.24, 2.45) is 0 Å². The Labute approximate surface area is 156 Å². The van der Waals surface area contributed by atoms with Crippen molar-refractivity contribution in [1.29, 1.82) is 0 Å². The molecule has 26 heavy (non-hydrogen) atoms. The minimum Gasteiger partial charge on any atom is -0.478 e. The van der Waals surface area contributed by atoms with E-state index in [1.54, 1.807) is 12.1 Å². The first-order valence-electron chi connectivity index (χ1n) is 9.73. The number of nitrogens with zero attached hydrogens (tertiary/aromatic N) is 2. The summed E-state index contributed by atoms with van der Waals surface area (Å²) in [4.78, 5) is 20.2. The van der Waals surface area contributed by atoms with Crippen LogP contribution in [0.5, 0.6) is 0 Å². The van der Waals surface area contributed by atoms with Crippen LogP contribution in [-0.4, -0.2) is 21.0 Å². The molecule has 0 bridgehead atoms. The maximum absolute atomic E-state index is 11.1. The molecule has 0 fully saturated rings. The molecular weight excluding hydrogens is 324 g/mol. The van der Waals surface area contributed by atoms with Crippen LogP contribution in [-0.2, 0) is 19.3 Å². The molecule has 0 atom stereocenters. The molecule has 140 valence electrons. The molecule has 0 spiro atoms. The molecule has 0 aliphatic rings. The zero-order chi connectivity index (χ0) is 18.8. The van der Waals surface area contributed by atoms with E-state index in [9.17, 15) is 4.79 Å². The standard InChI is InChI=1S/C22H30N2O2/c1-3-4-5-6-10-18-11-9-14-23-21(18)13-8-7-12-20-16-19(22(25)26)15-17(2)24-20/h9,11,14-16H,3-8,10,12-13H2,1-2H3,(H,25,26). The van der Waals surface area contributed by atoms with Crippen LogP contribution < -0.4 is 0 Å². The third-order valence-electron chi connectivity index (χ3n) is 4.63. The maximum atomic E-state index is 11.1. The van der Waals surface area contributed by atoms with Gasteiger partial charge in [-0.05, 0) is 69.2 Å². The number of rotatable bonds is 11. The number of aromatic nitrogens is 2. The number of carboxylic acid groups (broad SMARTS) is 1. The average Bonchev–Trinajstić information content (AvgIpc) is 2.63. The van der Waals surface area contributed by atoms with E-state index < -0.39 is 5.97 Å². The Balaban J connectivity index is 1.84. The highest BCUT2D eigenvalue weighted by molar-refractivity contribution is 5.87. The lowest BCUT2D eigenvalue weighted by molar-refractivity contribution is 0.0696. The van der Waals surface area contributed by atoms with Gasteiger partial charge in [-0.3, -0.25) is 9.97 Å². The van der Waals surface area contributed by atoms with Crippen LogP contribution in [0.4, 0.5) is 0 Å².